The van der Waals surface area contributed by atoms with Crippen LogP contribution in [-0.4, -0.2) is 31.8 Å². The molecule has 0 unspecified atom stereocenters. The molecule has 178 valence electrons. The lowest BCUT2D eigenvalue weighted by Gasteiger charge is -2.27. The van der Waals surface area contributed by atoms with Crippen molar-refractivity contribution in [2.45, 2.75) is 53.1 Å². The van der Waals surface area contributed by atoms with Crippen molar-refractivity contribution in [3.05, 3.63) is 57.6 Å². The maximum absolute atomic E-state index is 6.52. The smallest absolute Gasteiger partial charge is 0.156 e. The highest BCUT2D eigenvalue weighted by molar-refractivity contribution is 6.37. The van der Waals surface area contributed by atoms with Crippen molar-refractivity contribution in [1.82, 2.24) is 0 Å². The normalized spacial score (nSPS) is 13.8. The Morgan fingerprint density at radius 2 is 1.34 bits per heavy atom. The summed E-state index contributed by atoms with van der Waals surface area (Å²) in [6, 6.07) is 12.0. The summed E-state index contributed by atoms with van der Waals surface area (Å²) in [5.41, 5.74) is 1.85. The molecule has 3 nitrogen and oxygen atoms in total. The Morgan fingerprint density at radius 3 is 1.88 bits per heavy atom. The van der Waals surface area contributed by atoms with Crippen molar-refractivity contribution in [3.8, 4) is 11.5 Å². The lowest BCUT2D eigenvalue weighted by atomic mass is 9.78. The van der Waals surface area contributed by atoms with E-state index in [0.717, 1.165) is 16.9 Å². The third-order valence-electron chi connectivity index (χ3n) is 5.32. The van der Waals surface area contributed by atoms with Crippen LogP contribution in [0, 0.1) is 11.8 Å². The summed E-state index contributed by atoms with van der Waals surface area (Å²) >= 11 is 18.9. The molecule has 0 radical (unpaired) electrons. The summed E-state index contributed by atoms with van der Waals surface area (Å²) in [5.74, 6) is 2.40. The first-order chi connectivity index (χ1) is 15.0. The molecule has 0 fully saturated rings. The largest absolute Gasteiger partial charge is 0.493 e. The summed E-state index contributed by atoms with van der Waals surface area (Å²) in [5, 5.41) is 1.000. The predicted molar refractivity (Wildman–Crippen MR) is 136 cm³/mol. The zero-order valence-corrected chi connectivity index (χ0v) is 22.2. The van der Waals surface area contributed by atoms with Crippen molar-refractivity contribution in [1.29, 1.82) is 0 Å². The van der Waals surface area contributed by atoms with Gasteiger partial charge in [0.1, 0.15) is 5.75 Å². The lowest BCUT2D eigenvalue weighted by Crippen LogP contribution is -2.19. The van der Waals surface area contributed by atoms with Gasteiger partial charge in [-0.2, -0.15) is 0 Å². The van der Waals surface area contributed by atoms with E-state index in [-0.39, 0.29) is 17.4 Å². The Morgan fingerprint density at radius 1 is 0.781 bits per heavy atom. The highest BCUT2D eigenvalue weighted by Gasteiger charge is 2.26. The fraction of sp³-hybridized carbons (Fsp3) is 0.538. The molecule has 0 N–H and O–H groups in total. The maximum atomic E-state index is 6.52. The van der Waals surface area contributed by atoms with Crippen LogP contribution in [0.25, 0.3) is 0 Å². The molecule has 0 amide bonds. The molecule has 2 aromatic carbocycles. The average Bonchev–Trinajstić information content (AvgIpc) is 2.75. The van der Waals surface area contributed by atoms with Gasteiger partial charge in [0.2, 0.25) is 0 Å². The minimum atomic E-state index is -0.299. The molecule has 0 aliphatic heterocycles. The Hall–Kier alpha value is -1.13. The van der Waals surface area contributed by atoms with Crippen LogP contribution in [0.1, 0.15) is 52.7 Å². The molecular weight excluding hydrogens is 467 g/mol. The average molecular weight is 502 g/mol. The van der Waals surface area contributed by atoms with Crippen molar-refractivity contribution in [2.75, 3.05) is 25.7 Å². The van der Waals surface area contributed by atoms with Crippen LogP contribution in [0.15, 0.2) is 36.4 Å². The fourth-order valence-electron chi connectivity index (χ4n) is 3.11. The van der Waals surface area contributed by atoms with Crippen LogP contribution in [0.3, 0.4) is 0 Å². The molecule has 32 heavy (non-hydrogen) atoms. The number of hydrogen-bond acceptors (Lipinski definition) is 3. The van der Waals surface area contributed by atoms with E-state index < -0.39 is 0 Å². The van der Waals surface area contributed by atoms with Crippen LogP contribution in [0.4, 0.5) is 0 Å². The summed E-state index contributed by atoms with van der Waals surface area (Å²) in [6.07, 6.45) is 0.232. The van der Waals surface area contributed by atoms with Crippen molar-refractivity contribution in [2.24, 2.45) is 11.8 Å². The van der Waals surface area contributed by atoms with E-state index in [4.69, 9.17) is 49.0 Å². The molecule has 0 aliphatic carbocycles. The number of hydrogen-bond donors (Lipinski definition) is 0. The number of halogens is 3. The van der Waals surface area contributed by atoms with Gasteiger partial charge in [-0.3, -0.25) is 0 Å². The summed E-state index contributed by atoms with van der Waals surface area (Å²) in [6.45, 7) is 14.3. The van der Waals surface area contributed by atoms with Gasteiger partial charge in [0.15, 0.2) is 5.75 Å². The Labute approximate surface area is 208 Å². The minimum Gasteiger partial charge on any atom is -0.493 e. The van der Waals surface area contributed by atoms with Crippen LogP contribution < -0.4 is 9.47 Å². The highest BCUT2D eigenvalue weighted by atomic mass is 35.5. The lowest BCUT2D eigenvalue weighted by molar-refractivity contribution is 0.0427. The van der Waals surface area contributed by atoms with Gasteiger partial charge in [-0.25, -0.2) is 0 Å². The van der Waals surface area contributed by atoms with Gasteiger partial charge in [0.25, 0.3) is 0 Å². The fourth-order valence-corrected chi connectivity index (χ4v) is 3.79. The third kappa shape index (κ3) is 7.73. The minimum absolute atomic E-state index is 0.214. The van der Waals surface area contributed by atoms with E-state index in [1.165, 1.54) is 0 Å². The van der Waals surface area contributed by atoms with Gasteiger partial charge in [-0.1, -0.05) is 63.0 Å². The van der Waals surface area contributed by atoms with Crippen LogP contribution in [0.2, 0.25) is 10.0 Å². The monoisotopic (exact) mass is 500 g/mol. The topological polar surface area (TPSA) is 27.7 Å². The van der Waals surface area contributed by atoms with E-state index >= 15 is 0 Å². The Kier molecular flexibility index (Phi) is 10.5. The van der Waals surface area contributed by atoms with E-state index in [1.807, 2.05) is 45.0 Å². The van der Waals surface area contributed by atoms with E-state index in [0.29, 0.717) is 47.4 Å². The number of benzene rings is 2. The SMILES string of the molecule is CC(C)OC[C@H](C)COc1ccc(C(C)(C)c2cc(Cl)c(OC[C@@H](C)CCl)c(Cl)c2)cc1. The molecule has 2 aromatic rings. The van der Waals surface area contributed by atoms with Gasteiger partial charge >= 0.3 is 0 Å². The van der Waals surface area contributed by atoms with E-state index in [9.17, 15) is 0 Å². The van der Waals surface area contributed by atoms with Gasteiger partial charge in [0.05, 0.1) is 36.0 Å². The second kappa shape index (κ2) is 12.4. The quantitative estimate of drug-likeness (QED) is 0.276. The zero-order chi connectivity index (χ0) is 23.9. The number of rotatable bonds is 12. The molecule has 0 aromatic heterocycles. The summed E-state index contributed by atoms with van der Waals surface area (Å²) in [4.78, 5) is 0. The van der Waals surface area contributed by atoms with Crippen LogP contribution in [0.5, 0.6) is 11.5 Å². The van der Waals surface area contributed by atoms with Crippen molar-refractivity contribution >= 4 is 34.8 Å². The Balaban J connectivity index is 2.09. The third-order valence-corrected chi connectivity index (χ3v) is 6.41. The second-order valence-corrected chi connectivity index (χ2v) is 10.4. The zero-order valence-electron chi connectivity index (χ0n) is 19.9. The van der Waals surface area contributed by atoms with Crippen molar-refractivity contribution in [3.63, 3.8) is 0 Å². The number of ether oxygens (including phenoxy) is 3. The molecule has 0 aliphatic rings. The van der Waals surface area contributed by atoms with Crippen molar-refractivity contribution < 1.29 is 14.2 Å². The molecule has 0 saturated carbocycles. The molecular formula is C26H35Cl3O3. The molecule has 2 atom stereocenters. The van der Waals surface area contributed by atoms with Crippen LogP contribution >= 0.6 is 34.8 Å². The maximum Gasteiger partial charge on any atom is 0.156 e. The standard InChI is InChI=1S/C26H35Cl3O3/c1-17(2)30-15-19(4)16-31-22-9-7-20(8-10-22)26(5,6)21-11-23(28)25(24(29)12-21)32-14-18(3)13-27/h7-12,17-19H,13-16H2,1-6H3/t18-,19-/m0/s1. The first kappa shape index (κ1) is 27.1. The first-order valence-corrected chi connectivity index (χ1v) is 12.4. The first-order valence-electron chi connectivity index (χ1n) is 11.1. The van der Waals surface area contributed by atoms with E-state index in [2.05, 4.69) is 32.9 Å². The highest BCUT2D eigenvalue weighted by Crippen LogP contribution is 2.40. The summed E-state index contributed by atoms with van der Waals surface area (Å²) in [7, 11) is 0. The van der Waals surface area contributed by atoms with Gasteiger partial charge in [-0.05, 0) is 49.2 Å². The molecule has 2 rings (SSSR count). The van der Waals surface area contributed by atoms with Gasteiger partial charge in [-0.15, -0.1) is 11.6 Å². The Bertz CT molecular complexity index is 827. The number of alkyl halides is 1. The molecule has 0 saturated heterocycles. The van der Waals surface area contributed by atoms with E-state index in [1.54, 1.807) is 0 Å². The second-order valence-electron chi connectivity index (χ2n) is 9.29. The summed E-state index contributed by atoms with van der Waals surface area (Å²) < 4.78 is 17.4. The molecule has 6 heteroatoms. The predicted octanol–water partition coefficient (Wildman–Crippen LogP) is 8.01. The van der Waals surface area contributed by atoms with Crippen LogP contribution in [-0.2, 0) is 10.2 Å². The van der Waals surface area contributed by atoms with Gasteiger partial charge < -0.3 is 14.2 Å². The molecule has 0 heterocycles. The van der Waals surface area contributed by atoms with Gasteiger partial charge in [0, 0.05) is 23.1 Å². The molecule has 0 spiro atoms. The molecule has 0 bridgehead atoms.